The molecule has 0 aliphatic rings. The molecule has 35 heavy (non-hydrogen) atoms. The average molecular weight is 476 g/mol. The standard InChI is InChI=1S/C28H24F3N3O/c1-20-15-16-25(32-19-20)27(18-21-9-4-2-5-10-21,22-11-8-12-23(17-22)28(29,30)31)34-26(35)33-24-13-6-3-7-14-24/h2-17,19H,18H2,1H3,(H2,33,34,35). The van der Waals surface area contributed by atoms with Gasteiger partial charge in [0.15, 0.2) is 0 Å². The molecule has 178 valence electrons. The summed E-state index contributed by atoms with van der Waals surface area (Å²) in [4.78, 5) is 17.8. The number of aromatic nitrogens is 1. The lowest BCUT2D eigenvalue weighted by molar-refractivity contribution is -0.137. The number of hydrogen-bond acceptors (Lipinski definition) is 2. The number of hydrogen-bond donors (Lipinski definition) is 2. The molecule has 0 radical (unpaired) electrons. The van der Waals surface area contributed by atoms with Crippen LogP contribution in [0.25, 0.3) is 0 Å². The van der Waals surface area contributed by atoms with Gasteiger partial charge in [-0.2, -0.15) is 13.2 Å². The highest BCUT2D eigenvalue weighted by Gasteiger charge is 2.40. The van der Waals surface area contributed by atoms with Gasteiger partial charge in [-0.05, 0) is 53.9 Å². The van der Waals surface area contributed by atoms with E-state index < -0.39 is 23.3 Å². The first-order valence-electron chi connectivity index (χ1n) is 11.1. The Hall–Kier alpha value is -4.13. The molecule has 0 spiro atoms. The van der Waals surface area contributed by atoms with Crippen molar-refractivity contribution in [2.75, 3.05) is 5.32 Å². The lowest BCUT2D eigenvalue weighted by Crippen LogP contribution is -2.50. The number of nitrogens with one attached hydrogen (secondary N) is 2. The second kappa shape index (κ2) is 10.0. The molecule has 4 aromatic rings. The molecule has 1 aromatic heterocycles. The Labute approximate surface area is 201 Å². The summed E-state index contributed by atoms with van der Waals surface area (Å²) >= 11 is 0. The van der Waals surface area contributed by atoms with Gasteiger partial charge in [0.1, 0.15) is 5.54 Å². The number of carbonyl (C=O) groups is 1. The van der Waals surface area contributed by atoms with Crippen LogP contribution in [-0.4, -0.2) is 11.0 Å². The van der Waals surface area contributed by atoms with Gasteiger partial charge < -0.3 is 10.6 Å². The summed E-state index contributed by atoms with van der Waals surface area (Å²) in [5, 5.41) is 5.76. The number of para-hydroxylation sites is 1. The number of urea groups is 1. The van der Waals surface area contributed by atoms with Crippen LogP contribution >= 0.6 is 0 Å². The first-order chi connectivity index (χ1) is 16.8. The number of rotatable bonds is 6. The molecule has 0 fully saturated rings. The van der Waals surface area contributed by atoms with Crippen molar-refractivity contribution in [2.45, 2.75) is 25.1 Å². The highest BCUT2D eigenvalue weighted by atomic mass is 19.4. The van der Waals surface area contributed by atoms with Gasteiger partial charge in [-0.3, -0.25) is 4.98 Å². The topological polar surface area (TPSA) is 54.0 Å². The van der Waals surface area contributed by atoms with Gasteiger partial charge in [-0.1, -0.05) is 66.7 Å². The smallest absolute Gasteiger partial charge is 0.322 e. The van der Waals surface area contributed by atoms with Crippen molar-refractivity contribution in [2.24, 2.45) is 0 Å². The minimum Gasteiger partial charge on any atom is -0.322 e. The molecule has 0 aliphatic carbocycles. The van der Waals surface area contributed by atoms with E-state index in [-0.39, 0.29) is 12.0 Å². The number of benzene rings is 3. The minimum absolute atomic E-state index is 0.188. The fourth-order valence-electron chi connectivity index (χ4n) is 3.98. The van der Waals surface area contributed by atoms with Crippen LogP contribution < -0.4 is 10.6 Å². The molecule has 1 unspecified atom stereocenters. The summed E-state index contributed by atoms with van der Waals surface area (Å²) in [6.45, 7) is 1.87. The Bertz CT molecular complexity index is 1280. The summed E-state index contributed by atoms with van der Waals surface area (Å²) in [6, 6.07) is 26.2. The van der Waals surface area contributed by atoms with Crippen LogP contribution in [-0.2, 0) is 18.1 Å². The van der Waals surface area contributed by atoms with Gasteiger partial charge >= 0.3 is 12.2 Å². The Balaban J connectivity index is 1.88. The van der Waals surface area contributed by atoms with Crippen LogP contribution in [0.2, 0.25) is 0 Å². The van der Waals surface area contributed by atoms with E-state index in [1.807, 2.05) is 49.4 Å². The predicted molar refractivity (Wildman–Crippen MR) is 130 cm³/mol. The maximum absolute atomic E-state index is 13.7. The summed E-state index contributed by atoms with van der Waals surface area (Å²) in [5.74, 6) is 0. The van der Waals surface area contributed by atoms with E-state index in [0.717, 1.165) is 23.3 Å². The molecule has 4 nitrogen and oxygen atoms in total. The number of alkyl halides is 3. The van der Waals surface area contributed by atoms with E-state index >= 15 is 0 Å². The summed E-state index contributed by atoms with van der Waals surface area (Å²) < 4.78 is 41.0. The van der Waals surface area contributed by atoms with Gasteiger partial charge in [0.25, 0.3) is 0 Å². The van der Waals surface area contributed by atoms with E-state index in [9.17, 15) is 18.0 Å². The molecule has 2 amide bonds. The Morgan fingerprint density at radius 3 is 2.11 bits per heavy atom. The molecule has 1 atom stereocenters. The number of nitrogens with zero attached hydrogens (tertiary/aromatic N) is 1. The van der Waals surface area contributed by atoms with Crippen molar-refractivity contribution in [3.63, 3.8) is 0 Å². The number of anilines is 1. The van der Waals surface area contributed by atoms with Crippen LogP contribution in [0.1, 0.15) is 27.9 Å². The maximum Gasteiger partial charge on any atom is 0.416 e. The number of halogens is 3. The molecular weight excluding hydrogens is 451 g/mol. The second-order valence-electron chi connectivity index (χ2n) is 8.31. The van der Waals surface area contributed by atoms with Crippen LogP contribution in [0.3, 0.4) is 0 Å². The van der Waals surface area contributed by atoms with Crippen molar-refractivity contribution < 1.29 is 18.0 Å². The average Bonchev–Trinajstić information content (AvgIpc) is 2.85. The first-order valence-corrected chi connectivity index (χ1v) is 11.1. The van der Waals surface area contributed by atoms with Crippen LogP contribution in [0.5, 0.6) is 0 Å². The Kier molecular flexibility index (Phi) is 6.87. The van der Waals surface area contributed by atoms with Gasteiger partial charge in [0, 0.05) is 18.3 Å². The highest BCUT2D eigenvalue weighted by Crippen LogP contribution is 2.37. The molecule has 0 aliphatic heterocycles. The first kappa shape index (κ1) is 24.0. The van der Waals surface area contributed by atoms with Gasteiger partial charge in [-0.25, -0.2) is 4.79 Å². The van der Waals surface area contributed by atoms with E-state index in [1.165, 1.54) is 6.07 Å². The molecular formula is C28H24F3N3O. The molecule has 2 N–H and O–H groups in total. The van der Waals surface area contributed by atoms with E-state index in [4.69, 9.17) is 0 Å². The third kappa shape index (κ3) is 5.69. The number of carbonyl (C=O) groups excluding carboxylic acids is 1. The van der Waals surface area contributed by atoms with Crippen molar-refractivity contribution in [3.8, 4) is 0 Å². The number of amides is 2. The van der Waals surface area contributed by atoms with Gasteiger partial charge in [0.2, 0.25) is 0 Å². The minimum atomic E-state index is -4.54. The van der Waals surface area contributed by atoms with E-state index in [1.54, 1.807) is 42.6 Å². The van der Waals surface area contributed by atoms with Crippen molar-refractivity contribution in [1.29, 1.82) is 0 Å². The quantitative estimate of drug-likeness (QED) is 0.325. The molecule has 0 bridgehead atoms. The van der Waals surface area contributed by atoms with Gasteiger partial charge in [-0.15, -0.1) is 0 Å². The van der Waals surface area contributed by atoms with Crippen molar-refractivity contribution >= 4 is 11.7 Å². The molecule has 1 heterocycles. The van der Waals surface area contributed by atoms with Crippen LogP contribution in [0, 0.1) is 6.92 Å². The zero-order chi connectivity index (χ0) is 24.9. The maximum atomic E-state index is 13.7. The molecule has 3 aromatic carbocycles. The fraction of sp³-hybridized carbons (Fsp3) is 0.143. The Morgan fingerprint density at radius 2 is 1.49 bits per heavy atom. The second-order valence-corrected chi connectivity index (χ2v) is 8.31. The molecule has 7 heteroatoms. The highest BCUT2D eigenvalue weighted by molar-refractivity contribution is 5.90. The zero-order valence-corrected chi connectivity index (χ0v) is 19.0. The Morgan fingerprint density at radius 1 is 0.829 bits per heavy atom. The number of aryl methyl sites for hydroxylation is 1. The monoisotopic (exact) mass is 475 g/mol. The molecule has 0 saturated carbocycles. The van der Waals surface area contributed by atoms with Crippen molar-refractivity contribution in [1.82, 2.24) is 10.3 Å². The largest absolute Gasteiger partial charge is 0.416 e. The SMILES string of the molecule is Cc1ccc(C(Cc2ccccc2)(NC(=O)Nc2ccccc2)c2cccc(C(F)(F)F)c2)nc1. The van der Waals surface area contributed by atoms with E-state index in [2.05, 4.69) is 15.6 Å². The van der Waals surface area contributed by atoms with Gasteiger partial charge in [0.05, 0.1) is 11.3 Å². The third-order valence-electron chi connectivity index (χ3n) is 5.70. The summed E-state index contributed by atoms with van der Waals surface area (Å²) in [6.07, 6.45) is -2.71. The van der Waals surface area contributed by atoms with Crippen LogP contribution in [0.4, 0.5) is 23.7 Å². The number of pyridine rings is 1. The lowest BCUT2D eigenvalue weighted by atomic mass is 9.80. The fourth-order valence-corrected chi connectivity index (χ4v) is 3.98. The summed E-state index contributed by atoms with van der Waals surface area (Å²) in [5.41, 5.74) is 0.789. The van der Waals surface area contributed by atoms with E-state index in [0.29, 0.717) is 11.4 Å². The summed E-state index contributed by atoms with van der Waals surface area (Å²) in [7, 11) is 0. The normalized spacial score (nSPS) is 13.0. The third-order valence-corrected chi connectivity index (χ3v) is 5.70. The molecule has 4 rings (SSSR count). The van der Waals surface area contributed by atoms with Crippen molar-refractivity contribution in [3.05, 3.63) is 131 Å². The zero-order valence-electron chi connectivity index (χ0n) is 19.0. The molecule has 0 saturated heterocycles. The van der Waals surface area contributed by atoms with Crippen LogP contribution in [0.15, 0.2) is 103 Å². The predicted octanol–water partition coefficient (Wildman–Crippen LogP) is 6.72. The lowest BCUT2D eigenvalue weighted by Gasteiger charge is -2.36.